The molecule has 170 valence electrons. The topological polar surface area (TPSA) is 72.8 Å². The highest BCUT2D eigenvalue weighted by atomic mass is 16.6. The van der Waals surface area contributed by atoms with Crippen LogP contribution < -0.4 is 0 Å². The van der Waals surface area contributed by atoms with E-state index in [-0.39, 0.29) is 18.5 Å². The van der Waals surface area contributed by atoms with Gasteiger partial charge in [-0.2, -0.15) is 0 Å². The van der Waals surface area contributed by atoms with E-state index in [1.807, 2.05) is 37.3 Å². The van der Waals surface area contributed by atoms with Crippen molar-refractivity contribution in [2.45, 2.75) is 96.9 Å². The van der Waals surface area contributed by atoms with Crippen molar-refractivity contribution in [1.82, 2.24) is 0 Å². The van der Waals surface area contributed by atoms with Gasteiger partial charge >= 0.3 is 5.97 Å². The first-order valence-electron chi connectivity index (χ1n) is 11.5. The number of aliphatic hydroxyl groups is 1. The van der Waals surface area contributed by atoms with E-state index in [1.165, 1.54) is 38.5 Å². The molecular formula is C25H40O5. The van der Waals surface area contributed by atoms with Gasteiger partial charge in [-0.05, 0) is 12.0 Å². The number of aliphatic hydroxyl groups excluding tert-OH is 1. The molecule has 0 aliphatic rings. The predicted molar refractivity (Wildman–Crippen MR) is 119 cm³/mol. The molecule has 0 spiro atoms. The lowest BCUT2D eigenvalue weighted by molar-refractivity contribution is -0.162. The zero-order valence-corrected chi connectivity index (χ0v) is 18.8. The minimum atomic E-state index is -1.34. The van der Waals surface area contributed by atoms with Gasteiger partial charge in [-0.15, -0.1) is 0 Å². The van der Waals surface area contributed by atoms with Gasteiger partial charge in [0.1, 0.15) is 12.2 Å². The monoisotopic (exact) mass is 420 g/mol. The van der Waals surface area contributed by atoms with Crippen molar-refractivity contribution in [3.8, 4) is 0 Å². The van der Waals surface area contributed by atoms with Crippen molar-refractivity contribution >= 4 is 12.3 Å². The summed E-state index contributed by atoms with van der Waals surface area (Å²) in [5, 5.41) is 9.98. The molecule has 30 heavy (non-hydrogen) atoms. The van der Waals surface area contributed by atoms with Gasteiger partial charge in [-0.1, -0.05) is 95.5 Å². The molecule has 1 aromatic carbocycles. The van der Waals surface area contributed by atoms with E-state index in [2.05, 4.69) is 6.92 Å². The minimum absolute atomic E-state index is 0.287. The fraction of sp³-hybridized carbons (Fsp3) is 0.680. The van der Waals surface area contributed by atoms with Gasteiger partial charge in [0.2, 0.25) is 0 Å². The number of benzene rings is 1. The molecule has 1 rings (SSSR count). The van der Waals surface area contributed by atoms with E-state index in [0.717, 1.165) is 24.8 Å². The van der Waals surface area contributed by atoms with Crippen molar-refractivity contribution in [3.05, 3.63) is 35.9 Å². The van der Waals surface area contributed by atoms with Crippen LogP contribution in [0, 0.1) is 5.92 Å². The van der Waals surface area contributed by atoms with Gasteiger partial charge in [0.25, 0.3) is 0 Å². The quantitative estimate of drug-likeness (QED) is 0.200. The SMILES string of the molecule is CCCCCCCCCCCC(=O)OC(C(O)C=O)C(C)COCc1ccccc1. The van der Waals surface area contributed by atoms with Crippen LogP contribution in [0.3, 0.4) is 0 Å². The first-order chi connectivity index (χ1) is 14.6. The maximum Gasteiger partial charge on any atom is 0.306 e. The third-order valence-corrected chi connectivity index (χ3v) is 5.28. The first kappa shape index (κ1) is 26.3. The molecule has 5 heteroatoms. The Labute approximate surface area is 182 Å². The Balaban J connectivity index is 2.26. The fourth-order valence-corrected chi connectivity index (χ4v) is 3.42. The van der Waals surface area contributed by atoms with Crippen molar-refractivity contribution in [2.75, 3.05) is 6.61 Å². The Morgan fingerprint density at radius 3 is 2.20 bits per heavy atom. The highest BCUT2D eigenvalue weighted by molar-refractivity contribution is 5.70. The van der Waals surface area contributed by atoms with Crippen molar-refractivity contribution in [3.63, 3.8) is 0 Å². The van der Waals surface area contributed by atoms with Gasteiger partial charge in [0, 0.05) is 12.3 Å². The Morgan fingerprint density at radius 1 is 1.00 bits per heavy atom. The van der Waals surface area contributed by atoms with Crippen molar-refractivity contribution < 1.29 is 24.2 Å². The Hall–Kier alpha value is -1.72. The average molecular weight is 421 g/mol. The number of carbonyl (C=O) groups is 2. The lowest BCUT2D eigenvalue weighted by atomic mass is 10.0. The van der Waals surface area contributed by atoms with E-state index in [0.29, 0.717) is 19.3 Å². The molecular weight excluding hydrogens is 380 g/mol. The molecule has 0 bridgehead atoms. The Kier molecular flexibility index (Phi) is 14.9. The highest BCUT2D eigenvalue weighted by Gasteiger charge is 2.29. The number of hydrogen-bond donors (Lipinski definition) is 1. The van der Waals surface area contributed by atoms with Gasteiger partial charge in [-0.3, -0.25) is 4.79 Å². The average Bonchev–Trinajstić information content (AvgIpc) is 2.76. The van der Waals surface area contributed by atoms with Gasteiger partial charge < -0.3 is 19.4 Å². The Morgan fingerprint density at radius 2 is 1.60 bits per heavy atom. The molecule has 0 heterocycles. The zero-order chi connectivity index (χ0) is 22.0. The molecule has 1 aromatic rings. The normalized spacial score (nSPS) is 14.1. The summed E-state index contributed by atoms with van der Waals surface area (Å²) in [6.07, 6.45) is 9.08. The summed E-state index contributed by atoms with van der Waals surface area (Å²) in [5.41, 5.74) is 1.04. The van der Waals surface area contributed by atoms with Crippen LogP contribution in [-0.2, 0) is 25.7 Å². The smallest absolute Gasteiger partial charge is 0.306 e. The molecule has 0 fully saturated rings. The second-order valence-corrected chi connectivity index (χ2v) is 8.14. The number of ether oxygens (including phenoxy) is 2. The fourth-order valence-electron chi connectivity index (χ4n) is 3.42. The van der Waals surface area contributed by atoms with E-state index in [4.69, 9.17) is 9.47 Å². The number of aldehydes is 1. The number of rotatable bonds is 18. The van der Waals surface area contributed by atoms with Gasteiger partial charge in [-0.25, -0.2) is 0 Å². The molecule has 0 amide bonds. The number of unbranched alkanes of at least 4 members (excludes halogenated alkanes) is 8. The number of esters is 1. The summed E-state index contributed by atoms with van der Waals surface area (Å²) in [7, 11) is 0. The number of hydrogen-bond acceptors (Lipinski definition) is 5. The second kappa shape index (κ2) is 17.0. The van der Waals surface area contributed by atoms with E-state index in [1.54, 1.807) is 0 Å². The van der Waals surface area contributed by atoms with E-state index < -0.39 is 12.2 Å². The Bertz CT molecular complexity index is 560. The van der Waals surface area contributed by atoms with Crippen LogP contribution in [0.2, 0.25) is 0 Å². The largest absolute Gasteiger partial charge is 0.459 e. The molecule has 0 saturated heterocycles. The molecule has 3 unspecified atom stereocenters. The first-order valence-corrected chi connectivity index (χ1v) is 11.5. The molecule has 0 radical (unpaired) electrons. The van der Waals surface area contributed by atoms with E-state index in [9.17, 15) is 14.7 Å². The molecule has 1 N–H and O–H groups in total. The maximum absolute atomic E-state index is 12.2. The molecule has 0 aliphatic heterocycles. The summed E-state index contributed by atoms with van der Waals surface area (Å²) in [6, 6.07) is 9.75. The third kappa shape index (κ3) is 12.1. The summed E-state index contributed by atoms with van der Waals surface area (Å²) >= 11 is 0. The van der Waals surface area contributed by atoms with Crippen LogP contribution in [0.25, 0.3) is 0 Å². The second-order valence-electron chi connectivity index (χ2n) is 8.14. The van der Waals surface area contributed by atoms with Crippen molar-refractivity contribution in [2.24, 2.45) is 5.92 Å². The van der Waals surface area contributed by atoms with Crippen molar-refractivity contribution in [1.29, 1.82) is 0 Å². The predicted octanol–water partition coefficient (Wildman–Crippen LogP) is 5.23. The standard InChI is InChI=1S/C25H40O5/c1-3-4-5-6-7-8-9-10-14-17-24(28)30-25(23(27)18-26)21(2)19-29-20-22-15-12-11-13-16-22/h11-13,15-16,18,21,23,25,27H,3-10,14,17,19-20H2,1-2H3. The molecule has 5 nitrogen and oxygen atoms in total. The van der Waals surface area contributed by atoms with Crippen LogP contribution in [0.5, 0.6) is 0 Å². The van der Waals surface area contributed by atoms with Gasteiger partial charge in [0.15, 0.2) is 6.29 Å². The lowest BCUT2D eigenvalue weighted by Gasteiger charge is -2.25. The van der Waals surface area contributed by atoms with Crippen LogP contribution >= 0.6 is 0 Å². The van der Waals surface area contributed by atoms with Crippen LogP contribution in [0.15, 0.2) is 30.3 Å². The highest BCUT2D eigenvalue weighted by Crippen LogP contribution is 2.16. The molecule has 0 saturated carbocycles. The maximum atomic E-state index is 12.2. The summed E-state index contributed by atoms with van der Waals surface area (Å²) in [4.78, 5) is 23.3. The molecule has 0 aromatic heterocycles. The lowest BCUT2D eigenvalue weighted by Crippen LogP contribution is -2.39. The molecule has 3 atom stereocenters. The van der Waals surface area contributed by atoms with Crippen LogP contribution in [0.4, 0.5) is 0 Å². The summed E-state index contributed by atoms with van der Waals surface area (Å²) in [5.74, 6) is -0.653. The van der Waals surface area contributed by atoms with Crippen LogP contribution in [0.1, 0.15) is 83.6 Å². The molecule has 0 aliphatic carbocycles. The van der Waals surface area contributed by atoms with E-state index >= 15 is 0 Å². The number of carbonyl (C=O) groups excluding carboxylic acids is 2. The third-order valence-electron chi connectivity index (χ3n) is 5.28. The summed E-state index contributed by atoms with van der Waals surface area (Å²) in [6.45, 7) is 4.75. The zero-order valence-electron chi connectivity index (χ0n) is 18.8. The minimum Gasteiger partial charge on any atom is -0.459 e. The summed E-state index contributed by atoms with van der Waals surface area (Å²) < 4.78 is 11.1. The van der Waals surface area contributed by atoms with Crippen LogP contribution in [-0.4, -0.2) is 36.2 Å². The van der Waals surface area contributed by atoms with Gasteiger partial charge in [0.05, 0.1) is 13.2 Å².